The molecule has 0 fully saturated rings. The standard InChI is InChI=1S/C14H17NO2/c1-14(2,3)11-5-4-10-6-7-15(9-13(16)17)12(10)8-11/h4-8H,9H2,1-3H3,(H,16,17). The lowest BCUT2D eigenvalue weighted by Gasteiger charge is -2.19. The van der Waals surface area contributed by atoms with E-state index in [2.05, 4.69) is 32.9 Å². The number of aliphatic carboxylic acids is 1. The van der Waals surface area contributed by atoms with Crippen LogP contribution in [0.1, 0.15) is 26.3 Å². The van der Waals surface area contributed by atoms with Crippen LogP contribution in [0.2, 0.25) is 0 Å². The number of carbonyl (C=O) groups is 1. The van der Waals surface area contributed by atoms with Crippen molar-refractivity contribution in [2.75, 3.05) is 0 Å². The van der Waals surface area contributed by atoms with E-state index in [9.17, 15) is 4.79 Å². The fourth-order valence-electron chi connectivity index (χ4n) is 1.93. The van der Waals surface area contributed by atoms with Crippen LogP contribution in [0.25, 0.3) is 10.9 Å². The normalized spacial score (nSPS) is 11.9. The summed E-state index contributed by atoms with van der Waals surface area (Å²) in [6.07, 6.45) is 1.82. The molecule has 2 rings (SSSR count). The van der Waals surface area contributed by atoms with Gasteiger partial charge in [0.1, 0.15) is 6.54 Å². The molecule has 0 radical (unpaired) electrons. The van der Waals surface area contributed by atoms with Crippen LogP contribution >= 0.6 is 0 Å². The van der Waals surface area contributed by atoms with E-state index in [1.54, 1.807) is 4.57 Å². The van der Waals surface area contributed by atoms with Gasteiger partial charge in [-0.05, 0) is 28.5 Å². The third-order valence-corrected chi connectivity index (χ3v) is 2.95. The highest BCUT2D eigenvalue weighted by molar-refractivity contribution is 5.82. The van der Waals surface area contributed by atoms with Gasteiger partial charge in [0, 0.05) is 11.7 Å². The minimum absolute atomic E-state index is 0.0110. The molecule has 0 atom stereocenters. The number of hydrogen-bond donors (Lipinski definition) is 1. The molecule has 1 N–H and O–H groups in total. The zero-order valence-electron chi connectivity index (χ0n) is 10.4. The average Bonchev–Trinajstić information content (AvgIpc) is 2.59. The first kappa shape index (κ1) is 11.7. The molecule has 0 aliphatic carbocycles. The number of aromatic nitrogens is 1. The fourth-order valence-corrected chi connectivity index (χ4v) is 1.93. The summed E-state index contributed by atoms with van der Waals surface area (Å²) in [4.78, 5) is 10.8. The van der Waals surface area contributed by atoms with Crippen molar-refractivity contribution in [2.45, 2.75) is 32.7 Å². The molecule has 1 aromatic carbocycles. The Morgan fingerprint density at radius 3 is 2.59 bits per heavy atom. The average molecular weight is 231 g/mol. The van der Waals surface area contributed by atoms with E-state index in [1.165, 1.54) is 5.56 Å². The van der Waals surface area contributed by atoms with Crippen molar-refractivity contribution in [3.8, 4) is 0 Å². The Morgan fingerprint density at radius 1 is 1.29 bits per heavy atom. The summed E-state index contributed by atoms with van der Waals surface area (Å²) in [5.74, 6) is -0.816. The molecule has 0 bridgehead atoms. The highest BCUT2D eigenvalue weighted by Crippen LogP contribution is 2.26. The zero-order valence-corrected chi connectivity index (χ0v) is 10.4. The lowest BCUT2D eigenvalue weighted by molar-refractivity contribution is -0.137. The van der Waals surface area contributed by atoms with Crippen LogP contribution in [0, 0.1) is 0 Å². The molecule has 0 aliphatic heterocycles. The fraction of sp³-hybridized carbons (Fsp3) is 0.357. The molecular formula is C14H17NO2. The lowest BCUT2D eigenvalue weighted by atomic mass is 9.87. The summed E-state index contributed by atoms with van der Waals surface area (Å²) in [5.41, 5.74) is 2.28. The van der Waals surface area contributed by atoms with E-state index in [0.717, 1.165) is 10.9 Å². The number of hydrogen-bond acceptors (Lipinski definition) is 1. The Labute approximate surface area is 101 Å². The second-order valence-corrected chi connectivity index (χ2v) is 5.36. The second-order valence-electron chi connectivity index (χ2n) is 5.36. The highest BCUT2D eigenvalue weighted by Gasteiger charge is 2.15. The SMILES string of the molecule is CC(C)(C)c1ccc2ccn(CC(=O)O)c2c1. The summed E-state index contributed by atoms with van der Waals surface area (Å²) in [5, 5.41) is 9.94. The number of carboxylic acid groups (broad SMARTS) is 1. The minimum atomic E-state index is -0.816. The van der Waals surface area contributed by atoms with Gasteiger partial charge in [-0.15, -0.1) is 0 Å². The van der Waals surface area contributed by atoms with E-state index in [0.29, 0.717) is 0 Å². The van der Waals surface area contributed by atoms with Gasteiger partial charge in [0.05, 0.1) is 0 Å². The molecule has 0 amide bonds. The van der Waals surface area contributed by atoms with Crippen LogP contribution in [0.4, 0.5) is 0 Å². The molecule has 0 aliphatic rings. The van der Waals surface area contributed by atoms with Gasteiger partial charge in [-0.25, -0.2) is 0 Å². The van der Waals surface area contributed by atoms with Crippen LogP contribution in [0.5, 0.6) is 0 Å². The van der Waals surface area contributed by atoms with Crippen molar-refractivity contribution in [2.24, 2.45) is 0 Å². The van der Waals surface area contributed by atoms with E-state index < -0.39 is 5.97 Å². The minimum Gasteiger partial charge on any atom is -0.480 e. The van der Waals surface area contributed by atoms with Gasteiger partial charge in [-0.1, -0.05) is 32.9 Å². The molecule has 0 saturated heterocycles. The van der Waals surface area contributed by atoms with E-state index in [1.807, 2.05) is 18.3 Å². The number of fused-ring (bicyclic) bond motifs is 1. The Balaban J connectivity index is 2.54. The molecule has 1 aromatic heterocycles. The van der Waals surface area contributed by atoms with Gasteiger partial charge in [-0.2, -0.15) is 0 Å². The Hall–Kier alpha value is -1.77. The second kappa shape index (κ2) is 3.91. The predicted molar refractivity (Wildman–Crippen MR) is 68.3 cm³/mol. The quantitative estimate of drug-likeness (QED) is 0.863. The summed E-state index contributed by atoms with van der Waals surface area (Å²) < 4.78 is 1.77. The molecule has 17 heavy (non-hydrogen) atoms. The first-order chi connectivity index (χ1) is 7.88. The Kier molecular flexibility index (Phi) is 2.69. The molecule has 0 unspecified atom stereocenters. The monoisotopic (exact) mass is 231 g/mol. The van der Waals surface area contributed by atoms with Crippen molar-refractivity contribution < 1.29 is 9.90 Å². The van der Waals surface area contributed by atoms with Gasteiger partial charge in [0.25, 0.3) is 0 Å². The molecule has 90 valence electrons. The molecule has 0 saturated carbocycles. The smallest absolute Gasteiger partial charge is 0.323 e. The van der Waals surface area contributed by atoms with Crippen molar-refractivity contribution >= 4 is 16.9 Å². The van der Waals surface area contributed by atoms with Crippen molar-refractivity contribution in [3.63, 3.8) is 0 Å². The number of carboxylic acids is 1. The third-order valence-electron chi connectivity index (χ3n) is 2.95. The molecule has 3 nitrogen and oxygen atoms in total. The summed E-state index contributed by atoms with van der Waals surface area (Å²) >= 11 is 0. The van der Waals surface area contributed by atoms with Crippen LogP contribution in [-0.4, -0.2) is 15.6 Å². The van der Waals surface area contributed by atoms with Crippen molar-refractivity contribution in [1.82, 2.24) is 4.57 Å². The van der Waals surface area contributed by atoms with Crippen molar-refractivity contribution in [1.29, 1.82) is 0 Å². The van der Waals surface area contributed by atoms with Gasteiger partial charge in [0.2, 0.25) is 0 Å². The van der Waals surface area contributed by atoms with Crippen LogP contribution in [-0.2, 0) is 16.8 Å². The maximum atomic E-state index is 10.8. The van der Waals surface area contributed by atoms with Crippen LogP contribution in [0.15, 0.2) is 30.5 Å². The van der Waals surface area contributed by atoms with Gasteiger partial charge in [0.15, 0.2) is 0 Å². The largest absolute Gasteiger partial charge is 0.480 e. The number of rotatable bonds is 2. The first-order valence-electron chi connectivity index (χ1n) is 5.69. The highest BCUT2D eigenvalue weighted by atomic mass is 16.4. The Bertz CT molecular complexity index is 561. The number of nitrogens with zero attached hydrogens (tertiary/aromatic N) is 1. The molecule has 0 spiro atoms. The van der Waals surface area contributed by atoms with Gasteiger partial charge in [-0.3, -0.25) is 4.79 Å². The van der Waals surface area contributed by atoms with E-state index in [-0.39, 0.29) is 12.0 Å². The third kappa shape index (κ3) is 2.33. The molecular weight excluding hydrogens is 214 g/mol. The summed E-state index contributed by atoms with van der Waals surface area (Å²) in [6, 6.07) is 8.19. The van der Waals surface area contributed by atoms with Gasteiger partial charge < -0.3 is 9.67 Å². The Morgan fingerprint density at radius 2 is 2.00 bits per heavy atom. The molecule has 2 aromatic rings. The zero-order chi connectivity index (χ0) is 12.6. The van der Waals surface area contributed by atoms with Crippen molar-refractivity contribution in [3.05, 3.63) is 36.0 Å². The lowest BCUT2D eigenvalue weighted by Crippen LogP contribution is -2.12. The topological polar surface area (TPSA) is 42.2 Å². The summed E-state index contributed by atoms with van der Waals surface area (Å²) in [7, 11) is 0. The maximum Gasteiger partial charge on any atom is 0.323 e. The van der Waals surface area contributed by atoms with E-state index >= 15 is 0 Å². The molecule has 1 heterocycles. The molecule has 3 heteroatoms. The first-order valence-corrected chi connectivity index (χ1v) is 5.69. The van der Waals surface area contributed by atoms with Crippen LogP contribution in [0.3, 0.4) is 0 Å². The predicted octanol–water partition coefficient (Wildman–Crippen LogP) is 3.02. The van der Waals surface area contributed by atoms with Gasteiger partial charge >= 0.3 is 5.97 Å². The maximum absolute atomic E-state index is 10.8. The number of benzene rings is 1. The van der Waals surface area contributed by atoms with E-state index in [4.69, 9.17) is 5.11 Å². The summed E-state index contributed by atoms with van der Waals surface area (Å²) in [6.45, 7) is 6.47. The van der Waals surface area contributed by atoms with Crippen LogP contribution < -0.4 is 0 Å².